The van der Waals surface area contributed by atoms with Crippen molar-refractivity contribution in [1.82, 2.24) is 0 Å². The average Bonchev–Trinajstić information content (AvgIpc) is 2.17. The van der Waals surface area contributed by atoms with E-state index in [4.69, 9.17) is 14.7 Å². The van der Waals surface area contributed by atoms with Gasteiger partial charge in [-0.3, -0.25) is 0 Å². The highest BCUT2D eigenvalue weighted by molar-refractivity contribution is 7.38. The second-order valence-electron chi connectivity index (χ2n) is 2.62. The smallest absolute Gasteiger partial charge is 0.324 e. The van der Waals surface area contributed by atoms with Gasteiger partial charge in [-0.15, -0.1) is 0 Å². The van der Waals surface area contributed by atoms with Gasteiger partial charge >= 0.3 is 8.60 Å². The van der Waals surface area contributed by atoms with E-state index in [1.54, 1.807) is 0 Å². The highest BCUT2D eigenvalue weighted by Crippen LogP contribution is 2.11. The van der Waals surface area contributed by atoms with Crippen LogP contribution in [-0.4, -0.2) is 14.7 Å². The van der Waals surface area contributed by atoms with Gasteiger partial charge in [0.15, 0.2) is 0 Å². The maximum absolute atomic E-state index is 7.23. The number of hydrogen-bond acceptors (Lipinski definition) is 3. The van der Waals surface area contributed by atoms with Crippen LogP contribution < -0.4 is 0 Å². The monoisotopic (exact) mass is 210 g/mol. The molecule has 3 N–H and O–H groups in total. The first-order chi connectivity index (χ1) is 6.70. The van der Waals surface area contributed by atoms with Crippen molar-refractivity contribution < 1.29 is 14.7 Å². The Kier molecular flexibility index (Phi) is 4.50. The fourth-order valence-corrected chi connectivity index (χ4v) is 1.13. The molecule has 2 rings (SSSR count). The predicted octanol–water partition coefficient (Wildman–Crippen LogP) is 2.03. The van der Waals surface area contributed by atoms with Crippen molar-refractivity contribution in [3.8, 4) is 0 Å². The summed E-state index contributed by atoms with van der Waals surface area (Å²) in [6.45, 7) is 0. The van der Waals surface area contributed by atoms with Gasteiger partial charge in [0.2, 0.25) is 0 Å². The minimum absolute atomic E-state index is 1.31. The summed E-state index contributed by atoms with van der Waals surface area (Å²) in [5.74, 6) is 0. The van der Waals surface area contributed by atoms with Crippen molar-refractivity contribution in [2.75, 3.05) is 0 Å². The highest BCUT2D eigenvalue weighted by Gasteiger charge is 1.85. The van der Waals surface area contributed by atoms with Gasteiger partial charge < -0.3 is 14.7 Å². The molecule has 0 amide bonds. The zero-order chi connectivity index (χ0) is 10.4. The topological polar surface area (TPSA) is 60.7 Å². The molecule has 0 aliphatic heterocycles. The van der Waals surface area contributed by atoms with Crippen LogP contribution >= 0.6 is 8.60 Å². The predicted molar refractivity (Wildman–Crippen MR) is 57.5 cm³/mol. The summed E-state index contributed by atoms with van der Waals surface area (Å²) in [6.07, 6.45) is 0. The summed E-state index contributed by atoms with van der Waals surface area (Å²) in [7, 11) is -2.62. The normalized spacial score (nSPS) is 9.71. The first-order valence-electron chi connectivity index (χ1n) is 4.00. The van der Waals surface area contributed by atoms with E-state index in [0.29, 0.717) is 0 Å². The van der Waals surface area contributed by atoms with E-state index in [-0.39, 0.29) is 0 Å². The molecule has 4 heteroatoms. The molecular weight excluding hydrogens is 199 g/mol. The molecule has 0 saturated heterocycles. The maximum atomic E-state index is 7.23. The molecule has 0 aliphatic rings. The van der Waals surface area contributed by atoms with Crippen molar-refractivity contribution in [2.24, 2.45) is 0 Å². The summed E-state index contributed by atoms with van der Waals surface area (Å²) < 4.78 is 0. The zero-order valence-corrected chi connectivity index (χ0v) is 8.30. The molecule has 2 aromatic carbocycles. The van der Waals surface area contributed by atoms with E-state index in [9.17, 15) is 0 Å². The largest absolute Gasteiger partial charge is 0.328 e. The highest BCUT2D eigenvalue weighted by atomic mass is 31.2. The zero-order valence-electron chi connectivity index (χ0n) is 7.41. The van der Waals surface area contributed by atoms with E-state index < -0.39 is 8.60 Å². The van der Waals surface area contributed by atoms with Crippen LogP contribution in [0.1, 0.15) is 0 Å². The molecule has 2 aromatic rings. The summed E-state index contributed by atoms with van der Waals surface area (Å²) in [5.41, 5.74) is 0. The molecule has 14 heavy (non-hydrogen) atoms. The van der Waals surface area contributed by atoms with Crippen LogP contribution in [-0.2, 0) is 0 Å². The Hall–Kier alpha value is -0.990. The third-order valence-electron chi connectivity index (χ3n) is 1.66. The minimum Gasteiger partial charge on any atom is -0.328 e. The van der Waals surface area contributed by atoms with Crippen molar-refractivity contribution in [3.05, 3.63) is 48.5 Å². The molecule has 0 bridgehead atoms. The molecule has 0 saturated carbocycles. The molecule has 0 spiro atoms. The first-order valence-corrected chi connectivity index (χ1v) is 5.20. The van der Waals surface area contributed by atoms with Crippen LogP contribution in [0.3, 0.4) is 0 Å². The van der Waals surface area contributed by atoms with Gasteiger partial charge in [-0.05, 0) is 10.8 Å². The maximum Gasteiger partial charge on any atom is 0.324 e. The molecule has 74 valence electrons. The van der Waals surface area contributed by atoms with Crippen LogP contribution in [0.5, 0.6) is 0 Å². The Balaban J connectivity index is 0.000000213. The number of benzene rings is 2. The van der Waals surface area contributed by atoms with Crippen molar-refractivity contribution in [3.63, 3.8) is 0 Å². The van der Waals surface area contributed by atoms with E-state index in [0.717, 1.165) is 0 Å². The van der Waals surface area contributed by atoms with Crippen LogP contribution in [0.4, 0.5) is 0 Å². The molecule has 0 atom stereocenters. The number of rotatable bonds is 0. The van der Waals surface area contributed by atoms with E-state index in [2.05, 4.69) is 48.5 Å². The van der Waals surface area contributed by atoms with Crippen LogP contribution in [0.25, 0.3) is 10.8 Å². The Morgan fingerprint density at radius 3 is 1.07 bits per heavy atom. The lowest BCUT2D eigenvalue weighted by atomic mass is 10.1. The van der Waals surface area contributed by atoms with Crippen LogP contribution in [0, 0.1) is 0 Å². The van der Waals surface area contributed by atoms with Crippen molar-refractivity contribution in [2.45, 2.75) is 0 Å². The Labute approximate surface area is 83.3 Å². The Morgan fingerprint density at radius 2 is 0.857 bits per heavy atom. The second-order valence-corrected chi connectivity index (χ2v) is 3.15. The fraction of sp³-hybridized carbons (Fsp3) is 0. The molecule has 0 heterocycles. The van der Waals surface area contributed by atoms with Gasteiger partial charge in [-0.2, -0.15) is 0 Å². The van der Waals surface area contributed by atoms with Crippen molar-refractivity contribution in [1.29, 1.82) is 0 Å². The standard InChI is InChI=1S/C10H8.H3O3P/c1-2-6-10-8-4-3-7-9(10)5-1;1-4(2)3/h1-8H;1-3H. The van der Waals surface area contributed by atoms with Crippen LogP contribution in [0.15, 0.2) is 48.5 Å². The SMILES string of the molecule is OP(O)O.c1ccc2ccccc2c1. The van der Waals surface area contributed by atoms with Gasteiger partial charge in [0.25, 0.3) is 0 Å². The molecule has 0 fully saturated rings. The molecule has 3 nitrogen and oxygen atoms in total. The molecule has 0 radical (unpaired) electrons. The third kappa shape index (κ3) is 3.81. The molecule has 0 aliphatic carbocycles. The minimum atomic E-state index is -2.62. The van der Waals surface area contributed by atoms with Crippen molar-refractivity contribution >= 4 is 19.4 Å². The lowest BCUT2D eigenvalue weighted by molar-refractivity contribution is 0.368. The Bertz CT molecular complexity index is 322. The van der Waals surface area contributed by atoms with E-state index in [1.165, 1.54) is 10.8 Å². The molecular formula is C10H11O3P. The van der Waals surface area contributed by atoms with Gasteiger partial charge in [-0.25, -0.2) is 0 Å². The average molecular weight is 210 g/mol. The van der Waals surface area contributed by atoms with Gasteiger partial charge in [0.1, 0.15) is 0 Å². The lowest BCUT2D eigenvalue weighted by Crippen LogP contribution is -1.67. The second kappa shape index (κ2) is 5.68. The summed E-state index contributed by atoms with van der Waals surface area (Å²) in [6, 6.07) is 16.7. The Morgan fingerprint density at radius 1 is 0.643 bits per heavy atom. The van der Waals surface area contributed by atoms with Gasteiger partial charge in [-0.1, -0.05) is 48.5 Å². The van der Waals surface area contributed by atoms with Crippen LogP contribution in [0.2, 0.25) is 0 Å². The fourth-order valence-electron chi connectivity index (χ4n) is 1.13. The van der Waals surface area contributed by atoms with Gasteiger partial charge in [0.05, 0.1) is 0 Å². The summed E-state index contributed by atoms with van der Waals surface area (Å²) in [5, 5.41) is 2.62. The van der Waals surface area contributed by atoms with Gasteiger partial charge in [0, 0.05) is 0 Å². The van der Waals surface area contributed by atoms with E-state index >= 15 is 0 Å². The number of hydrogen-bond donors (Lipinski definition) is 3. The molecule has 0 aromatic heterocycles. The third-order valence-corrected chi connectivity index (χ3v) is 1.66. The molecule has 0 unspecified atom stereocenters. The quantitative estimate of drug-likeness (QED) is 0.583. The lowest BCUT2D eigenvalue weighted by Gasteiger charge is -1.92. The van der Waals surface area contributed by atoms with E-state index in [1.807, 2.05) is 0 Å². The summed E-state index contributed by atoms with van der Waals surface area (Å²) >= 11 is 0. The summed E-state index contributed by atoms with van der Waals surface area (Å²) in [4.78, 5) is 21.7. The first kappa shape index (κ1) is 11.1. The number of fused-ring (bicyclic) bond motifs is 1.